The van der Waals surface area contributed by atoms with Crippen LogP contribution in [0.5, 0.6) is 0 Å². The van der Waals surface area contributed by atoms with Crippen LogP contribution >= 0.6 is 0 Å². The summed E-state index contributed by atoms with van der Waals surface area (Å²) in [7, 11) is -3.42. The molecule has 4 nitrogen and oxygen atoms in total. The van der Waals surface area contributed by atoms with Gasteiger partial charge in [0.1, 0.15) is 0 Å². The monoisotopic (exact) mass is 268 g/mol. The van der Waals surface area contributed by atoms with Crippen molar-refractivity contribution in [1.82, 2.24) is 4.72 Å². The summed E-state index contributed by atoms with van der Waals surface area (Å²) in [6.45, 7) is 2.27. The third kappa shape index (κ3) is 3.54. The molecule has 2 rings (SSSR count). The van der Waals surface area contributed by atoms with Gasteiger partial charge < -0.3 is 5.73 Å². The number of sulfonamides is 1. The lowest BCUT2D eigenvalue weighted by atomic mass is 10.2. The van der Waals surface area contributed by atoms with Gasteiger partial charge >= 0.3 is 0 Å². The first kappa shape index (κ1) is 13.5. The molecule has 1 saturated carbocycles. The molecule has 1 aliphatic carbocycles. The first-order chi connectivity index (χ1) is 8.51. The molecule has 0 amide bonds. The molecule has 0 radical (unpaired) electrons. The number of hydrogen-bond acceptors (Lipinski definition) is 3. The molecule has 5 heteroatoms. The van der Waals surface area contributed by atoms with E-state index < -0.39 is 10.0 Å². The van der Waals surface area contributed by atoms with Crippen LogP contribution in [0.3, 0.4) is 0 Å². The zero-order valence-corrected chi connectivity index (χ0v) is 11.4. The predicted molar refractivity (Wildman–Crippen MR) is 71.5 cm³/mol. The van der Waals surface area contributed by atoms with Crippen LogP contribution in [0.2, 0.25) is 0 Å². The van der Waals surface area contributed by atoms with Gasteiger partial charge in [-0.2, -0.15) is 0 Å². The summed E-state index contributed by atoms with van der Waals surface area (Å²) in [5.41, 5.74) is 6.35. The number of hydrogen-bond donors (Lipinski definition) is 2. The van der Waals surface area contributed by atoms with Crippen LogP contribution in [0, 0.1) is 5.92 Å². The van der Waals surface area contributed by atoms with E-state index in [0.717, 1.165) is 12.0 Å². The molecular formula is C13H20N2O2S. The second-order valence-corrected chi connectivity index (χ2v) is 6.77. The Morgan fingerprint density at radius 3 is 2.78 bits per heavy atom. The molecule has 1 aliphatic rings. The SMILES string of the molecule is CC(CC1CC1)NS(=O)(=O)c1cccc(CN)c1. The van der Waals surface area contributed by atoms with Gasteiger partial charge in [0.05, 0.1) is 4.90 Å². The molecule has 1 unspecified atom stereocenters. The lowest BCUT2D eigenvalue weighted by Gasteiger charge is -2.14. The normalized spacial score (nSPS) is 17.7. The van der Waals surface area contributed by atoms with E-state index in [2.05, 4.69) is 4.72 Å². The fourth-order valence-electron chi connectivity index (χ4n) is 2.07. The molecule has 1 atom stereocenters. The second kappa shape index (κ2) is 5.38. The molecule has 18 heavy (non-hydrogen) atoms. The van der Waals surface area contributed by atoms with E-state index >= 15 is 0 Å². The minimum absolute atomic E-state index is 0.0102. The smallest absolute Gasteiger partial charge is 0.240 e. The molecule has 0 saturated heterocycles. The molecule has 0 spiro atoms. The average molecular weight is 268 g/mol. The maximum absolute atomic E-state index is 12.2. The quantitative estimate of drug-likeness (QED) is 0.823. The van der Waals surface area contributed by atoms with E-state index in [1.807, 2.05) is 13.0 Å². The molecule has 1 fully saturated rings. The molecule has 100 valence electrons. The molecule has 0 bridgehead atoms. The lowest BCUT2D eigenvalue weighted by molar-refractivity contribution is 0.530. The fourth-order valence-corrected chi connectivity index (χ4v) is 3.40. The van der Waals surface area contributed by atoms with Gasteiger partial charge in [0, 0.05) is 12.6 Å². The van der Waals surface area contributed by atoms with Crippen molar-refractivity contribution >= 4 is 10.0 Å². The van der Waals surface area contributed by atoms with Crippen molar-refractivity contribution < 1.29 is 8.42 Å². The van der Waals surface area contributed by atoms with Gasteiger partial charge in [-0.25, -0.2) is 13.1 Å². The second-order valence-electron chi connectivity index (χ2n) is 5.05. The topological polar surface area (TPSA) is 72.2 Å². The fraction of sp³-hybridized carbons (Fsp3) is 0.538. The third-order valence-electron chi connectivity index (χ3n) is 3.18. The summed E-state index contributed by atoms with van der Waals surface area (Å²) in [5, 5.41) is 0. The lowest BCUT2D eigenvalue weighted by Crippen LogP contribution is -2.33. The van der Waals surface area contributed by atoms with Gasteiger partial charge in [-0.3, -0.25) is 0 Å². The van der Waals surface area contributed by atoms with Crippen molar-refractivity contribution in [2.45, 2.75) is 43.7 Å². The highest BCUT2D eigenvalue weighted by Gasteiger charge is 2.26. The van der Waals surface area contributed by atoms with Crippen molar-refractivity contribution in [2.75, 3.05) is 0 Å². The molecular weight excluding hydrogens is 248 g/mol. The van der Waals surface area contributed by atoms with Gasteiger partial charge in [-0.15, -0.1) is 0 Å². The molecule has 1 aromatic rings. The molecule has 3 N–H and O–H groups in total. The maximum Gasteiger partial charge on any atom is 0.240 e. The Bertz CT molecular complexity index is 509. The highest BCUT2D eigenvalue weighted by atomic mass is 32.2. The van der Waals surface area contributed by atoms with Crippen molar-refractivity contribution in [3.05, 3.63) is 29.8 Å². The first-order valence-corrected chi connectivity index (χ1v) is 7.81. The zero-order valence-electron chi connectivity index (χ0n) is 10.6. The molecule has 1 aromatic carbocycles. The Balaban J connectivity index is 2.08. The van der Waals surface area contributed by atoms with Crippen molar-refractivity contribution in [2.24, 2.45) is 11.7 Å². The number of benzene rings is 1. The van der Waals surface area contributed by atoms with Crippen LogP contribution < -0.4 is 10.5 Å². The Hall–Kier alpha value is -0.910. The highest BCUT2D eigenvalue weighted by Crippen LogP contribution is 2.33. The van der Waals surface area contributed by atoms with E-state index in [1.54, 1.807) is 18.2 Å². The van der Waals surface area contributed by atoms with Gasteiger partial charge in [0.25, 0.3) is 0 Å². The number of nitrogens with one attached hydrogen (secondary N) is 1. The van der Waals surface area contributed by atoms with Crippen LogP contribution in [0.4, 0.5) is 0 Å². The van der Waals surface area contributed by atoms with E-state index in [9.17, 15) is 8.42 Å². The Morgan fingerprint density at radius 1 is 1.44 bits per heavy atom. The molecule has 0 aromatic heterocycles. The zero-order chi connectivity index (χ0) is 13.2. The third-order valence-corrected chi connectivity index (χ3v) is 4.77. The largest absolute Gasteiger partial charge is 0.326 e. The summed E-state index contributed by atoms with van der Waals surface area (Å²) in [6, 6.07) is 6.77. The van der Waals surface area contributed by atoms with Crippen LogP contribution in [0.25, 0.3) is 0 Å². The van der Waals surface area contributed by atoms with Crippen LogP contribution in [-0.4, -0.2) is 14.5 Å². The summed E-state index contributed by atoms with van der Waals surface area (Å²) in [5.74, 6) is 0.707. The summed E-state index contributed by atoms with van der Waals surface area (Å²) in [4.78, 5) is 0.299. The summed E-state index contributed by atoms with van der Waals surface area (Å²) < 4.78 is 27.0. The van der Waals surface area contributed by atoms with Crippen molar-refractivity contribution in [1.29, 1.82) is 0 Å². The number of nitrogens with two attached hydrogens (primary N) is 1. The van der Waals surface area contributed by atoms with Crippen LogP contribution in [-0.2, 0) is 16.6 Å². The summed E-state index contributed by atoms with van der Waals surface area (Å²) in [6.07, 6.45) is 3.39. The minimum atomic E-state index is -3.42. The van der Waals surface area contributed by atoms with Crippen LogP contribution in [0.1, 0.15) is 31.7 Å². The van der Waals surface area contributed by atoms with Crippen molar-refractivity contribution in [3.8, 4) is 0 Å². The number of rotatable bonds is 6. The van der Waals surface area contributed by atoms with Gasteiger partial charge in [0.2, 0.25) is 10.0 Å². The average Bonchev–Trinajstić information content (AvgIpc) is 3.12. The van der Waals surface area contributed by atoms with Crippen molar-refractivity contribution in [3.63, 3.8) is 0 Å². The Kier molecular flexibility index (Phi) is 4.04. The van der Waals surface area contributed by atoms with E-state index in [1.165, 1.54) is 12.8 Å². The molecule has 0 heterocycles. The van der Waals surface area contributed by atoms with Gasteiger partial charge in [0.15, 0.2) is 0 Å². The Labute approximate surface area is 109 Å². The maximum atomic E-state index is 12.2. The standard InChI is InChI=1S/C13H20N2O2S/c1-10(7-11-5-6-11)15-18(16,17)13-4-2-3-12(8-13)9-14/h2-4,8,10-11,15H,5-7,9,14H2,1H3. The van der Waals surface area contributed by atoms with E-state index in [0.29, 0.717) is 17.4 Å². The summed E-state index contributed by atoms with van der Waals surface area (Å²) >= 11 is 0. The van der Waals surface area contributed by atoms with Crippen LogP contribution in [0.15, 0.2) is 29.2 Å². The van der Waals surface area contributed by atoms with E-state index in [-0.39, 0.29) is 6.04 Å². The van der Waals surface area contributed by atoms with E-state index in [4.69, 9.17) is 5.73 Å². The highest BCUT2D eigenvalue weighted by molar-refractivity contribution is 7.89. The minimum Gasteiger partial charge on any atom is -0.326 e. The van der Waals surface area contributed by atoms with Gasteiger partial charge in [-0.1, -0.05) is 25.0 Å². The Morgan fingerprint density at radius 2 is 2.17 bits per heavy atom. The first-order valence-electron chi connectivity index (χ1n) is 6.32. The molecule has 0 aliphatic heterocycles. The van der Waals surface area contributed by atoms with Gasteiger partial charge in [-0.05, 0) is 37.0 Å². The predicted octanol–water partition coefficient (Wildman–Crippen LogP) is 1.61.